The molecule has 0 aromatic carbocycles. The number of hydrogen-bond acceptors (Lipinski definition) is 6. The molecule has 2 aromatic heterocycles. The van der Waals surface area contributed by atoms with Crippen molar-refractivity contribution in [2.45, 2.75) is 31.4 Å². The van der Waals surface area contributed by atoms with Crippen LogP contribution >= 0.6 is 0 Å². The van der Waals surface area contributed by atoms with Crippen molar-refractivity contribution in [2.24, 2.45) is 5.92 Å². The van der Waals surface area contributed by atoms with Crippen LogP contribution in [-0.4, -0.2) is 63.9 Å². The number of nitrogens with one attached hydrogen (secondary N) is 1. The van der Waals surface area contributed by atoms with E-state index in [0.717, 1.165) is 54.9 Å². The highest BCUT2D eigenvalue weighted by atomic mass is 19.1. The van der Waals surface area contributed by atoms with Crippen molar-refractivity contribution in [1.82, 2.24) is 24.5 Å². The Balaban J connectivity index is 1.37. The van der Waals surface area contributed by atoms with E-state index < -0.39 is 6.17 Å². The van der Waals surface area contributed by atoms with Crippen LogP contribution in [-0.2, 0) is 4.74 Å². The van der Waals surface area contributed by atoms with Crippen LogP contribution in [0.25, 0.3) is 5.65 Å². The zero-order chi connectivity index (χ0) is 19.1. The Labute approximate surface area is 163 Å². The normalized spacial score (nSPS) is 25.9. The Hall–Kier alpha value is -2.48. The van der Waals surface area contributed by atoms with Gasteiger partial charge in [0, 0.05) is 30.6 Å². The molecule has 4 heterocycles. The number of alkyl halides is 1. The third-order valence-corrected chi connectivity index (χ3v) is 6.21. The van der Waals surface area contributed by atoms with Crippen LogP contribution in [0.3, 0.4) is 0 Å². The van der Waals surface area contributed by atoms with E-state index in [1.807, 2.05) is 10.6 Å². The van der Waals surface area contributed by atoms with Gasteiger partial charge in [-0.1, -0.05) is 0 Å². The van der Waals surface area contributed by atoms with Gasteiger partial charge in [0.15, 0.2) is 5.65 Å². The number of fused-ring (bicyclic) bond motifs is 1. The molecule has 1 N–H and O–H groups in total. The zero-order valence-electron chi connectivity index (χ0n) is 16.0. The Kier molecular flexibility index (Phi) is 4.50. The van der Waals surface area contributed by atoms with Crippen LogP contribution in [0.2, 0.25) is 0 Å². The first-order chi connectivity index (χ1) is 13.7. The Morgan fingerprint density at radius 3 is 3.04 bits per heavy atom. The molecule has 1 aliphatic carbocycles. The van der Waals surface area contributed by atoms with Crippen molar-refractivity contribution in [3.63, 3.8) is 0 Å². The van der Waals surface area contributed by atoms with E-state index in [1.54, 1.807) is 18.5 Å². The Morgan fingerprint density at radius 1 is 1.32 bits per heavy atom. The highest BCUT2D eigenvalue weighted by molar-refractivity contribution is 5.52. The molecule has 1 saturated heterocycles. The SMILES string of the molecule is CN1CCC(c2cnc(NCC3C4=C(C=CC3F)OCC4)n3cnnc23)CC1. The summed E-state index contributed by atoms with van der Waals surface area (Å²) in [5, 5.41) is 11.8. The van der Waals surface area contributed by atoms with Crippen LogP contribution < -0.4 is 5.32 Å². The molecule has 0 bridgehead atoms. The lowest BCUT2D eigenvalue weighted by Gasteiger charge is -2.29. The van der Waals surface area contributed by atoms with Crippen LogP contribution in [0.15, 0.2) is 36.0 Å². The van der Waals surface area contributed by atoms with Crippen molar-refractivity contribution in [2.75, 3.05) is 38.6 Å². The number of rotatable bonds is 4. The van der Waals surface area contributed by atoms with Crippen molar-refractivity contribution < 1.29 is 9.13 Å². The standard InChI is InChI=1S/C20H25FN6O/c1-26-7-4-13(5-8-26)15-10-22-20(27-12-24-25-19(15)27)23-11-16-14-6-9-28-18(14)3-2-17(16)21/h2-3,10,12-13,16-17H,4-9,11H2,1H3,(H,22,23). The fourth-order valence-electron chi connectivity index (χ4n) is 4.53. The minimum atomic E-state index is -1.01. The molecule has 0 saturated carbocycles. The summed E-state index contributed by atoms with van der Waals surface area (Å²) in [4.78, 5) is 6.99. The summed E-state index contributed by atoms with van der Waals surface area (Å²) in [6, 6.07) is 0. The van der Waals surface area contributed by atoms with Gasteiger partial charge in [-0.3, -0.25) is 4.40 Å². The van der Waals surface area contributed by atoms with E-state index in [2.05, 4.69) is 32.4 Å². The van der Waals surface area contributed by atoms with Crippen LogP contribution in [0.5, 0.6) is 0 Å². The van der Waals surface area contributed by atoms with E-state index >= 15 is 0 Å². The van der Waals surface area contributed by atoms with Gasteiger partial charge in [-0.2, -0.15) is 0 Å². The lowest BCUT2D eigenvalue weighted by atomic mass is 9.88. The first-order valence-corrected chi connectivity index (χ1v) is 10.00. The molecule has 0 radical (unpaired) electrons. The predicted molar refractivity (Wildman–Crippen MR) is 104 cm³/mol. The van der Waals surface area contributed by atoms with E-state index in [9.17, 15) is 4.39 Å². The lowest BCUT2D eigenvalue weighted by molar-refractivity contribution is 0.254. The third kappa shape index (κ3) is 3.05. The number of piperidine rings is 1. The third-order valence-electron chi connectivity index (χ3n) is 6.21. The highest BCUT2D eigenvalue weighted by Crippen LogP contribution is 2.35. The maximum absolute atomic E-state index is 14.5. The smallest absolute Gasteiger partial charge is 0.209 e. The summed E-state index contributed by atoms with van der Waals surface area (Å²) in [6.45, 7) is 3.26. The molecule has 148 valence electrons. The summed E-state index contributed by atoms with van der Waals surface area (Å²) in [7, 11) is 2.16. The molecular weight excluding hydrogens is 359 g/mol. The van der Waals surface area contributed by atoms with Crippen molar-refractivity contribution >= 4 is 11.6 Å². The fraction of sp³-hybridized carbons (Fsp3) is 0.550. The quantitative estimate of drug-likeness (QED) is 0.874. The van der Waals surface area contributed by atoms with Gasteiger partial charge in [-0.15, -0.1) is 10.2 Å². The van der Waals surface area contributed by atoms with Crippen LogP contribution in [0.1, 0.15) is 30.7 Å². The van der Waals surface area contributed by atoms with Crippen LogP contribution in [0, 0.1) is 5.92 Å². The monoisotopic (exact) mass is 384 g/mol. The van der Waals surface area contributed by atoms with Gasteiger partial charge >= 0.3 is 0 Å². The van der Waals surface area contributed by atoms with Gasteiger partial charge in [0.05, 0.1) is 6.61 Å². The fourth-order valence-corrected chi connectivity index (χ4v) is 4.53. The van der Waals surface area contributed by atoms with Crippen LogP contribution in [0.4, 0.5) is 10.3 Å². The van der Waals surface area contributed by atoms with Gasteiger partial charge in [0.2, 0.25) is 5.95 Å². The van der Waals surface area contributed by atoms with E-state index in [0.29, 0.717) is 25.0 Å². The van der Waals surface area contributed by atoms with E-state index in [-0.39, 0.29) is 5.92 Å². The Morgan fingerprint density at radius 2 is 2.18 bits per heavy atom. The van der Waals surface area contributed by atoms with Gasteiger partial charge in [-0.05, 0) is 56.6 Å². The van der Waals surface area contributed by atoms with Gasteiger partial charge < -0.3 is 15.0 Å². The second-order valence-corrected chi connectivity index (χ2v) is 7.92. The summed E-state index contributed by atoms with van der Waals surface area (Å²) in [6.07, 6.45) is 8.92. The molecule has 0 amide bonds. The molecule has 2 aliphatic heterocycles. The molecule has 1 fully saturated rings. The number of allylic oxidation sites excluding steroid dienone is 2. The molecule has 2 unspecified atom stereocenters. The molecular formula is C20H25FN6O. The number of nitrogens with zero attached hydrogens (tertiary/aromatic N) is 5. The second-order valence-electron chi connectivity index (χ2n) is 7.92. The Bertz CT molecular complexity index is 930. The van der Waals surface area contributed by atoms with Gasteiger partial charge in [0.1, 0.15) is 18.3 Å². The highest BCUT2D eigenvalue weighted by Gasteiger charge is 2.32. The maximum atomic E-state index is 14.5. The second kappa shape index (κ2) is 7.16. The molecule has 28 heavy (non-hydrogen) atoms. The number of likely N-dealkylation sites (tertiary alicyclic amines) is 1. The summed E-state index contributed by atoms with van der Waals surface area (Å²) in [5.74, 6) is 1.70. The first kappa shape index (κ1) is 17.6. The topological polar surface area (TPSA) is 67.6 Å². The number of hydrogen-bond donors (Lipinski definition) is 1. The molecule has 2 aromatic rings. The molecule has 7 nitrogen and oxygen atoms in total. The lowest BCUT2D eigenvalue weighted by Crippen LogP contribution is -2.30. The molecule has 5 rings (SSSR count). The van der Waals surface area contributed by atoms with Gasteiger partial charge in [0.25, 0.3) is 0 Å². The van der Waals surface area contributed by atoms with E-state index in [1.165, 1.54) is 0 Å². The molecule has 2 atom stereocenters. The number of anilines is 1. The van der Waals surface area contributed by atoms with E-state index in [4.69, 9.17) is 4.74 Å². The largest absolute Gasteiger partial charge is 0.493 e. The van der Waals surface area contributed by atoms with Crippen molar-refractivity contribution in [3.05, 3.63) is 41.6 Å². The zero-order valence-corrected chi connectivity index (χ0v) is 16.0. The van der Waals surface area contributed by atoms with Gasteiger partial charge in [-0.25, -0.2) is 9.37 Å². The molecule has 0 spiro atoms. The molecule has 3 aliphatic rings. The van der Waals surface area contributed by atoms with Crippen molar-refractivity contribution in [1.29, 1.82) is 0 Å². The van der Waals surface area contributed by atoms with Crippen molar-refractivity contribution in [3.8, 4) is 0 Å². The minimum Gasteiger partial charge on any atom is -0.493 e. The average Bonchev–Trinajstić information content (AvgIpc) is 3.37. The summed E-state index contributed by atoms with van der Waals surface area (Å²) < 4.78 is 22.0. The minimum absolute atomic E-state index is 0.232. The summed E-state index contributed by atoms with van der Waals surface area (Å²) in [5.41, 5.74) is 3.05. The first-order valence-electron chi connectivity index (χ1n) is 10.00. The average molecular weight is 384 g/mol. The maximum Gasteiger partial charge on any atom is 0.209 e. The number of aromatic nitrogens is 4. The molecule has 8 heteroatoms. The predicted octanol–water partition coefficient (Wildman–Crippen LogP) is 2.54. The number of halogens is 1. The summed E-state index contributed by atoms with van der Waals surface area (Å²) >= 11 is 0. The number of ether oxygens (including phenoxy) is 1.